The maximum Gasteiger partial charge on any atom is 0.457 e. The van der Waals surface area contributed by atoms with Crippen molar-refractivity contribution in [2.45, 2.75) is 57.2 Å². The number of halogens is 5. The van der Waals surface area contributed by atoms with Gasteiger partial charge in [-0.15, -0.1) is 0 Å². The van der Waals surface area contributed by atoms with E-state index in [2.05, 4.69) is 9.47 Å². The third-order valence-corrected chi connectivity index (χ3v) is 2.86. The van der Waals surface area contributed by atoms with Crippen LogP contribution in [0, 0.1) is 0 Å². The molecule has 0 radical (unpaired) electrons. The van der Waals surface area contributed by atoms with Crippen molar-refractivity contribution in [2.24, 2.45) is 0 Å². The van der Waals surface area contributed by atoms with E-state index in [0.717, 1.165) is 0 Å². The molecule has 0 amide bonds. The van der Waals surface area contributed by atoms with Gasteiger partial charge in [-0.2, -0.15) is 22.0 Å². The van der Waals surface area contributed by atoms with Gasteiger partial charge in [-0.3, -0.25) is 0 Å². The van der Waals surface area contributed by atoms with E-state index in [-0.39, 0.29) is 12.8 Å². The number of unbranched alkanes of at least 4 members (excludes halogenated alkanes) is 2. The van der Waals surface area contributed by atoms with E-state index in [1.165, 1.54) is 0 Å². The molecular formula is C13H19F5O5. The maximum absolute atomic E-state index is 13.5. The zero-order valence-electron chi connectivity index (χ0n) is 12.7. The second-order valence-electron chi connectivity index (χ2n) is 4.76. The Balaban J connectivity index is 5.51. The van der Waals surface area contributed by atoms with E-state index < -0.39 is 42.9 Å². The molecule has 1 N–H and O–H groups in total. The quantitative estimate of drug-likeness (QED) is 0.299. The minimum absolute atomic E-state index is 0.157. The third-order valence-electron chi connectivity index (χ3n) is 2.86. The van der Waals surface area contributed by atoms with E-state index in [0.29, 0.717) is 12.8 Å². The Hall–Kier alpha value is -1.45. The lowest BCUT2D eigenvalue weighted by Crippen LogP contribution is -2.67. The van der Waals surface area contributed by atoms with Crippen LogP contribution in [0.1, 0.15) is 39.5 Å². The first-order valence-electron chi connectivity index (χ1n) is 6.98. The Kier molecular flexibility index (Phi) is 7.89. The van der Waals surface area contributed by atoms with E-state index in [9.17, 15) is 36.6 Å². The number of ether oxygens (including phenoxy) is 2. The van der Waals surface area contributed by atoms with Gasteiger partial charge in [0.15, 0.2) is 0 Å². The van der Waals surface area contributed by atoms with Gasteiger partial charge in [-0.1, -0.05) is 26.7 Å². The number of carbonyl (C=O) groups excluding carboxylic acids is 2. The highest BCUT2D eigenvalue weighted by molar-refractivity contribution is 6.04. The summed E-state index contributed by atoms with van der Waals surface area (Å²) < 4.78 is 72.9. The average Bonchev–Trinajstić information content (AvgIpc) is 2.45. The number of rotatable bonds is 9. The van der Waals surface area contributed by atoms with Gasteiger partial charge in [0.05, 0.1) is 13.2 Å². The van der Waals surface area contributed by atoms with Gasteiger partial charge in [0.1, 0.15) is 0 Å². The largest absolute Gasteiger partial charge is 0.463 e. The summed E-state index contributed by atoms with van der Waals surface area (Å²) in [5.41, 5.74) is -4.78. The molecule has 0 unspecified atom stereocenters. The Morgan fingerprint density at radius 2 is 1.22 bits per heavy atom. The molecule has 0 aliphatic heterocycles. The Bertz CT molecular complexity index is 386. The number of aliphatic hydroxyl groups is 1. The van der Waals surface area contributed by atoms with Crippen LogP contribution in [-0.4, -0.2) is 48.0 Å². The lowest BCUT2D eigenvalue weighted by molar-refractivity contribution is -0.333. The molecule has 0 aromatic heterocycles. The molecule has 0 heterocycles. The van der Waals surface area contributed by atoms with Crippen LogP contribution in [0.2, 0.25) is 0 Å². The van der Waals surface area contributed by atoms with E-state index >= 15 is 0 Å². The van der Waals surface area contributed by atoms with Crippen LogP contribution >= 0.6 is 0 Å². The predicted octanol–water partition coefficient (Wildman–Crippen LogP) is 2.60. The normalized spacial score (nSPS) is 12.9. The van der Waals surface area contributed by atoms with Crippen molar-refractivity contribution in [2.75, 3.05) is 13.2 Å². The van der Waals surface area contributed by atoms with Crippen LogP contribution in [0.4, 0.5) is 22.0 Å². The van der Waals surface area contributed by atoms with Crippen LogP contribution in [-0.2, 0) is 19.1 Å². The molecule has 136 valence electrons. The SMILES string of the molecule is CCCCOC(=O)C(O)(C(=O)OCCCC)C(F)(F)C(F)(F)F. The maximum atomic E-state index is 13.5. The van der Waals surface area contributed by atoms with Crippen molar-refractivity contribution < 1.29 is 46.1 Å². The van der Waals surface area contributed by atoms with Crippen molar-refractivity contribution >= 4 is 11.9 Å². The molecule has 0 aromatic rings. The lowest BCUT2D eigenvalue weighted by Gasteiger charge is -2.32. The number of hydrogen-bond donors (Lipinski definition) is 1. The van der Waals surface area contributed by atoms with Gasteiger partial charge >= 0.3 is 29.6 Å². The van der Waals surface area contributed by atoms with Gasteiger partial charge < -0.3 is 14.6 Å². The molecule has 0 saturated carbocycles. The fourth-order valence-corrected chi connectivity index (χ4v) is 1.37. The minimum atomic E-state index is -6.35. The van der Waals surface area contributed by atoms with Crippen molar-refractivity contribution in [3.63, 3.8) is 0 Å². The highest BCUT2D eigenvalue weighted by Crippen LogP contribution is 2.44. The monoisotopic (exact) mass is 350 g/mol. The van der Waals surface area contributed by atoms with Crippen LogP contribution < -0.4 is 0 Å². The molecule has 5 nitrogen and oxygen atoms in total. The topological polar surface area (TPSA) is 72.8 Å². The first-order chi connectivity index (χ1) is 10.5. The Morgan fingerprint density at radius 3 is 1.48 bits per heavy atom. The zero-order valence-corrected chi connectivity index (χ0v) is 12.7. The summed E-state index contributed by atoms with van der Waals surface area (Å²) in [6, 6.07) is 0. The minimum Gasteiger partial charge on any atom is -0.463 e. The zero-order chi connectivity index (χ0) is 18.3. The molecule has 0 aromatic carbocycles. The summed E-state index contributed by atoms with van der Waals surface area (Å²) in [5, 5.41) is 9.59. The van der Waals surface area contributed by atoms with E-state index in [1.807, 2.05) is 0 Å². The molecule has 0 aliphatic rings. The van der Waals surface area contributed by atoms with Crippen LogP contribution in [0.3, 0.4) is 0 Å². The van der Waals surface area contributed by atoms with Gasteiger partial charge in [0.2, 0.25) is 0 Å². The molecular weight excluding hydrogens is 331 g/mol. The summed E-state index contributed by atoms with van der Waals surface area (Å²) in [5.74, 6) is -10.9. The van der Waals surface area contributed by atoms with Crippen LogP contribution in [0.15, 0.2) is 0 Å². The molecule has 0 spiro atoms. The molecule has 0 bridgehead atoms. The second kappa shape index (κ2) is 8.42. The summed E-state index contributed by atoms with van der Waals surface area (Å²) in [6.07, 6.45) is -5.14. The van der Waals surface area contributed by atoms with Gasteiger partial charge in [0.25, 0.3) is 0 Å². The summed E-state index contributed by atoms with van der Waals surface area (Å²) in [6.45, 7) is 2.24. The van der Waals surface area contributed by atoms with E-state index in [1.54, 1.807) is 13.8 Å². The molecule has 0 saturated heterocycles. The van der Waals surface area contributed by atoms with Crippen LogP contribution in [0.5, 0.6) is 0 Å². The first kappa shape index (κ1) is 21.6. The van der Waals surface area contributed by atoms with Crippen molar-refractivity contribution in [3.8, 4) is 0 Å². The van der Waals surface area contributed by atoms with Crippen molar-refractivity contribution in [1.29, 1.82) is 0 Å². The van der Waals surface area contributed by atoms with E-state index in [4.69, 9.17) is 0 Å². The lowest BCUT2D eigenvalue weighted by atomic mass is 9.95. The van der Waals surface area contributed by atoms with Gasteiger partial charge in [-0.05, 0) is 12.8 Å². The number of hydrogen-bond acceptors (Lipinski definition) is 5. The molecule has 0 fully saturated rings. The fourth-order valence-electron chi connectivity index (χ4n) is 1.37. The standard InChI is InChI=1S/C13H19F5O5/c1-3-5-7-22-9(19)11(21,10(20)23-8-6-4-2)12(14,15)13(16,17)18/h21H,3-8H2,1-2H3. The second-order valence-corrected chi connectivity index (χ2v) is 4.76. The highest BCUT2D eigenvalue weighted by Gasteiger charge is 2.78. The van der Waals surface area contributed by atoms with Gasteiger partial charge in [0, 0.05) is 0 Å². The smallest absolute Gasteiger partial charge is 0.457 e. The third kappa shape index (κ3) is 4.76. The van der Waals surface area contributed by atoms with Crippen LogP contribution in [0.25, 0.3) is 0 Å². The summed E-state index contributed by atoms with van der Waals surface area (Å²) in [4.78, 5) is 23.1. The molecule has 10 heteroatoms. The first-order valence-corrected chi connectivity index (χ1v) is 6.98. The van der Waals surface area contributed by atoms with Crippen molar-refractivity contribution in [1.82, 2.24) is 0 Å². The molecule has 0 aliphatic carbocycles. The van der Waals surface area contributed by atoms with Crippen molar-refractivity contribution in [3.05, 3.63) is 0 Å². The molecule has 0 rings (SSSR count). The number of carbonyl (C=O) groups is 2. The summed E-state index contributed by atoms with van der Waals surface area (Å²) >= 11 is 0. The fraction of sp³-hybridized carbons (Fsp3) is 0.846. The molecule has 23 heavy (non-hydrogen) atoms. The Morgan fingerprint density at radius 1 is 0.870 bits per heavy atom. The molecule has 0 atom stereocenters. The predicted molar refractivity (Wildman–Crippen MR) is 67.7 cm³/mol. The van der Waals surface area contributed by atoms with Gasteiger partial charge in [-0.25, -0.2) is 9.59 Å². The number of alkyl halides is 5. The summed E-state index contributed by atoms with van der Waals surface area (Å²) in [7, 11) is 0. The number of esters is 2. The highest BCUT2D eigenvalue weighted by atomic mass is 19.4. The average molecular weight is 350 g/mol. The Labute approximate surface area is 129 Å².